The fourth-order valence-corrected chi connectivity index (χ4v) is 1.98. The van der Waals surface area contributed by atoms with Crippen LogP contribution in [0.15, 0.2) is 48.5 Å². The zero-order chi connectivity index (χ0) is 13.0. The molecule has 0 aliphatic rings. The van der Waals surface area contributed by atoms with Crippen LogP contribution in [0.3, 0.4) is 0 Å². The molecule has 1 unspecified atom stereocenters. The van der Waals surface area contributed by atoms with E-state index in [1.165, 1.54) is 0 Å². The SMILES string of the molecule is Bc1c(OCc2ccccc2)cccc1C(C)O. The molecular formula is C15H17BO2. The van der Waals surface area contributed by atoms with E-state index in [0.29, 0.717) is 6.61 Å². The topological polar surface area (TPSA) is 29.5 Å². The molecule has 0 aliphatic heterocycles. The van der Waals surface area contributed by atoms with Crippen LogP contribution in [-0.4, -0.2) is 13.0 Å². The molecule has 2 nitrogen and oxygen atoms in total. The Bertz CT molecular complexity index is 509. The van der Waals surface area contributed by atoms with Gasteiger partial charge in [0.15, 0.2) is 0 Å². The van der Waals surface area contributed by atoms with Gasteiger partial charge in [-0.05, 0) is 29.6 Å². The number of benzene rings is 2. The van der Waals surface area contributed by atoms with Gasteiger partial charge in [0, 0.05) is 0 Å². The highest BCUT2D eigenvalue weighted by Crippen LogP contribution is 2.16. The van der Waals surface area contributed by atoms with Gasteiger partial charge in [-0.25, -0.2) is 0 Å². The van der Waals surface area contributed by atoms with Gasteiger partial charge in [0.25, 0.3) is 0 Å². The number of aliphatic hydroxyl groups excluding tert-OH is 1. The third-order valence-electron chi connectivity index (χ3n) is 3.01. The predicted octanol–water partition coefficient (Wildman–Crippen LogP) is 1.58. The molecule has 3 heteroatoms. The van der Waals surface area contributed by atoms with Crippen LogP contribution in [0.2, 0.25) is 0 Å². The molecule has 2 rings (SSSR count). The molecule has 0 amide bonds. The minimum Gasteiger partial charge on any atom is -0.489 e. The van der Waals surface area contributed by atoms with E-state index in [9.17, 15) is 5.11 Å². The van der Waals surface area contributed by atoms with Gasteiger partial charge in [0.1, 0.15) is 20.2 Å². The van der Waals surface area contributed by atoms with Crippen LogP contribution >= 0.6 is 0 Å². The first-order chi connectivity index (χ1) is 8.68. The number of hydrogen-bond acceptors (Lipinski definition) is 2. The van der Waals surface area contributed by atoms with Gasteiger partial charge in [0.05, 0.1) is 6.10 Å². The summed E-state index contributed by atoms with van der Waals surface area (Å²) in [5.41, 5.74) is 3.06. The molecule has 0 fully saturated rings. The standard InChI is InChI=1S/C15H17BO2/c1-11(17)13-8-5-9-14(15(13)16)18-10-12-6-3-2-4-7-12/h2-9,11,17H,10,16H2,1H3. The molecule has 0 spiro atoms. The summed E-state index contributed by atoms with van der Waals surface area (Å²) in [4.78, 5) is 0. The first kappa shape index (κ1) is 12.7. The van der Waals surface area contributed by atoms with Gasteiger partial charge in [-0.3, -0.25) is 0 Å². The Labute approximate surface area is 109 Å². The van der Waals surface area contributed by atoms with Crippen molar-refractivity contribution >= 4 is 13.3 Å². The molecule has 0 bridgehead atoms. The largest absolute Gasteiger partial charge is 0.489 e. The molecule has 92 valence electrons. The summed E-state index contributed by atoms with van der Waals surface area (Å²) in [5, 5.41) is 9.66. The Morgan fingerprint density at radius 1 is 1.11 bits per heavy atom. The fraction of sp³-hybridized carbons (Fsp3) is 0.200. The van der Waals surface area contributed by atoms with E-state index in [4.69, 9.17) is 4.74 Å². The number of rotatable bonds is 4. The highest BCUT2D eigenvalue weighted by Gasteiger charge is 2.08. The summed E-state index contributed by atoms with van der Waals surface area (Å²) >= 11 is 0. The molecular weight excluding hydrogens is 223 g/mol. The van der Waals surface area contributed by atoms with Crippen molar-refractivity contribution in [2.75, 3.05) is 0 Å². The molecule has 1 atom stereocenters. The fourth-order valence-electron chi connectivity index (χ4n) is 1.98. The second-order valence-corrected chi connectivity index (χ2v) is 4.42. The van der Waals surface area contributed by atoms with E-state index < -0.39 is 6.10 Å². The van der Waals surface area contributed by atoms with Crippen LogP contribution in [0.1, 0.15) is 24.2 Å². The van der Waals surface area contributed by atoms with Crippen molar-refractivity contribution in [3.8, 4) is 5.75 Å². The molecule has 0 aromatic heterocycles. The van der Waals surface area contributed by atoms with Gasteiger partial charge in [-0.1, -0.05) is 42.5 Å². The van der Waals surface area contributed by atoms with Gasteiger partial charge >= 0.3 is 0 Å². The average molecular weight is 240 g/mol. The number of hydrogen-bond donors (Lipinski definition) is 1. The average Bonchev–Trinajstić information content (AvgIpc) is 2.38. The molecule has 0 heterocycles. The lowest BCUT2D eigenvalue weighted by molar-refractivity contribution is 0.199. The third-order valence-corrected chi connectivity index (χ3v) is 3.01. The summed E-state index contributed by atoms with van der Waals surface area (Å²) in [6.45, 7) is 2.31. The molecule has 0 saturated heterocycles. The predicted molar refractivity (Wildman–Crippen MR) is 76.0 cm³/mol. The van der Waals surface area contributed by atoms with Crippen LogP contribution in [0.25, 0.3) is 0 Å². The third kappa shape index (κ3) is 2.93. The maximum absolute atomic E-state index is 9.66. The summed E-state index contributed by atoms with van der Waals surface area (Å²) in [7, 11) is 1.97. The van der Waals surface area contributed by atoms with Gasteiger partial charge in [0.2, 0.25) is 0 Å². The summed E-state index contributed by atoms with van der Waals surface area (Å²) in [6.07, 6.45) is -0.467. The van der Waals surface area contributed by atoms with E-state index in [-0.39, 0.29) is 0 Å². The summed E-state index contributed by atoms with van der Waals surface area (Å²) < 4.78 is 5.80. The first-order valence-electron chi connectivity index (χ1n) is 6.13. The first-order valence-corrected chi connectivity index (χ1v) is 6.13. The normalized spacial score (nSPS) is 12.1. The number of aliphatic hydroxyl groups is 1. The molecule has 2 aromatic carbocycles. The maximum atomic E-state index is 9.66. The molecule has 2 aromatic rings. The minimum atomic E-state index is -0.467. The van der Waals surface area contributed by atoms with Crippen molar-refractivity contribution in [2.24, 2.45) is 0 Å². The lowest BCUT2D eigenvalue weighted by atomic mass is 9.87. The zero-order valence-corrected chi connectivity index (χ0v) is 10.8. The van der Waals surface area contributed by atoms with Crippen molar-refractivity contribution < 1.29 is 9.84 Å². The Morgan fingerprint density at radius 2 is 1.83 bits per heavy atom. The van der Waals surface area contributed by atoms with Crippen LogP contribution in [0, 0.1) is 0 Å². The van der Waals surface area contributed by atoms with Crippen LogP contribution in [-0.2, 0) is 6.61 Å². The Balaban J connectivity index is 2.13. The highest BCUT2D eigenvalue weighted by molar-refractivity contribution is 6.35. The van der Waals surface area contributed by atoms with Crippen LogP contribution in [0.5, 0.6) is 5.75 Å². The zero-order valence-electron chi connectivity index (χ0n) is 10.8. The lowest BCUT2D eigenvalue weighted by Crippen LogP contribution is -2.16. The minimum absolute atomic E-state index is 0.467. The highest BCUT2D eigenvalue weighted by atomic mass is 16.5. The van der Waals surface area contributed by atoms with Crippen LogP contribution < -0.4 is 10.2 Å². The Morgan fingerprint density at radius 3 is 2.50 bits per heavy atom. The molecule has 18 heavy (non-hydrogen) atoms. The second-order valence-electron chi connectivity index (χ2n) is 4.42. The molecule has 0 aliphatic carbocycles. The quantitative estimate of drug-likeness (QED) is 0.822. The Kier molecular flexibility index (Phi) is 4.05. The van der Waals surface area contributed by atoms with Gasteiger partial charge < -0.3 is 9.84 Å². The lowest BCUT2D eigenvalue weighted by Gasteiger charge is -2.14. The van der Waals surface area contributed by atoms with E-state index in [0.717, 1.165) is 22.3 Å². The summed E-state index contributed by atoms with van der Waals surface area (Å²) in [6, 6.07) is 15.8. The van der Waals surface area contributed by atoms with E-state index in [1.807, 2.05) is 56.4 Å². The van der Waals surface area contributed by atoms with E-state index in [1.54, 1.807) is 6.92 Å². The molecule has 0 radical (unpaired) electrons. The maximum Gasteiger partial charge on any atom is 0.144 e. The van der Waals surface area contributed by atoms with E-state index in [2.05, 4.69) is 0 Å². The van der Waals surface area contributed by atoms with Crippen molar-refractivity contribution in [1.82, 2.24) is 0 Å². The molecule has 1 N–H and O–H groups in total. The van der Waals surface area contributed by atoms with Crippen molar-refractivity contribution in [1.29, 1.82) is 0 Å². The number of ether oxygens (including phenoxy) is 1. The monoisotopic (exact) mass is 240 g/mol. The van der Waals surface area contributed by atoms with E-state index >= 15 is 0 Å². The Hall–Kier alpha value is -1.74. The molecule has 0 saturated carbocycles. The second kappa shape index (κ2) is 5.74. The van der Waals surface area contributed by atoms with Gasteiger partial charge in [-0.15, -0.1) is 0 Å². The van der Waals surface area contributed by atoms with Crippen LogP contribution in [0.4, 0.5) is 0 Å². The van der Waals surface area contributed by atoms with Gasteiger partial charge in [-0.2, -0.15) is 0 Å². The summed E-state index contributed by atoms with van der Waals surface area (Å²) in [5.74, 6) is 0.831. The van der Waals surface area contributed by atoms with Crippen molar-refractivity contribution in [3.63, 3.8) is 0 Å². The van der Waals surface area contributed by atoms with Crippen molar-refractivity contribution in [3.05, 3.63) is 59.7 Å². The smallest absolute Gasteiger partial charge is 0.144 e. The van der Waals surface area contributed by atoms with Crippen molar-refractivity contribution in [2.45, 2.75) is 19.6 Å².